The monoisotopic (exact) mass is 334 g/mol. The first-order valence-electron chi connectivity index (χ1n) is 4.65. The fourth-order valence-electron chi connectivity index (χ4n) is 1.72. The van der Waals surface area contributed by atoms with Gasteiger partial charge in [0.2, 0.25) is 9.46 Å². The van der Waals surface area contributed by atoms with Gasteiger partial charge in [0, 0.05) is 13.3 Å². The van der Waals surface area contributed by atoms with E-state index in [-0.39, 0.29) is 17.7 Å². The number of hydrogen-bond acceptors (Lipinski definition) is 3. The first-order valence-corrected chi connectivity index (χ1v) is 5.72. The van der Waals surface area contributed by atoms with Gasteiger partial charge in [-0.3, -0.25) is 9.59 Å². The molecule has 0 aliphatic heterocycles. The van der Waals surface area contributed by atoms with Crippen LogP contribution in [0.25, 0.3) is 0 Å². The fourth-order valence-corrected chi connectivity index (χ4v) is 2.40. The molecule has 0 bridgehead atoms. The lowest BCUT2D eigenvalue weighted by Gasteiger charge is -2.07. The van der Waals surface area contributed by atoms with Crippen LogP contribution in [0.1, 0.15) is 22.8 Å². The summed E-state index contributed by atoms with van der Waals surface area (Å²) in [4.78, 5) is 22.6. The van der Waals surface area contributed by atoms with Crippen molar-refractivity contribution in [3.8, 4) is 5.75 Å². The lowest BCUT2D eigenvalue weighted by atomic mass is 10.1. The SMILES string of the molecule is CC(=O)Oc1cccc2c1C(=O)C(F)(I)C2. The molecule has 5 heteroatoms. The van der Waals surface area contributed by atoms with E-state index in [1.165, 1.54) is 35.6 Å². The van der Waals surface area contributed by atoms with Crippen LogP contribution in [0.2, 0.25) is 0 Å². The molecule has 0 spiro atoms. The summed E-state index contributed by atoms with van der Waals surface area (Å²) in [5, 5.41) is 0. The normalized spacial score (nSPS) is 23.1. The number of halogens is 2. The van der Waals surface area contributed by atoms with Gasteiger partial charge in [-0.05, 0) is 34.2 Å². The number of esters is 1. The highest BCUT2D eigenvalue weighted by atomic mass is 127. The smallest absolute Gasteiger partial charge is 0.308 e. The molecular weight excluding hydrogens is 326 g/mol. The number of ether oxygens (including phenoxy) is 1. The summed E-state index contributed by atoms with van der Waals surface area (Å²) in [7, 11) is 0. The van der Waals surface area contributed by atoms with Crippen LogP contribution >= 0.6 is 22.6 Å². The van der Waals surface area contributed by atoms with Crippen LogP contribution in [0.5, 0.6) is 5.75 Å². The molecule has 0 radical (unpaired) electrons. The maximum Gasteiger partial charge on any atom is 0.308 e. The van der Waals surface area contributed by atoms with Crippen LogP contribution in [-0.4, -0.2) is 15.4 Å². The van der Waals surface area contributed by atoms with E-state index in [2.05, 4.69) is 0 Å². The van der Waals surface area contributed by atoms with Crippen LogP contribution in [-0.2, 0) is 11.2 Å². The van der Waals surface area contributed by atoms with Crippen molar-refractivity contribution in [3.63, 3.8) is 0 Å². The minimum Gasteiger partial charge on any atom is -0.426 e. The van der Waals surface area contributed by atoms with Crippen LogP contribution in [0.3, 0.4) is 0 Å². The van der Waals surface area contributed by atoms with E-state index in [0.29, 0.717) is 5.56 Å². The van der Waals surface area contributed by atoms with Crippen LogP contribution < -0.4 is 4.74 Å². The molecule has 1 aromatic carbocycles. The van der Waals surface area contributed by atoms with Gasteiger partial charge >= 0.3 is 5.97 Å². The Bertz CT molecular complexity index is 482. The Balaban J connectivity index is 2.51. The highest BCUT2D eigenvalue weighted by Gasteiger charge is 2.45. The first kappa shape index (κ1) is 11.5. The van der Waals surface area contributed by atoms with Gasteiger partial charge in [0.15, 0.2) is 0 Å². The fraction of sp³-hybridized carbons (Fsp3) is 0.273. The van der Waals surface area contributed by atoms with E-state index >= 15 is 0 Å². The molecule has 0 N–H and O–H groups in total. The average Bonchev–Trinajstić information content (AvgIpc) is 2.37. The highest BCUT2D eigenvalue weighted by molar-refractivity contribution is 14.1. The lowest BCUT2D eigenvalue weighted by molar-refractivity contribution is -0.131. The molecule has 0 amide bonds. The molecule has 3 nitrogen and oxygen atoms in total. The van der Waals surface area contributed by atoms with Crippen LogP contribution in [0, 0.1) is 0 Å². The molecule has 0 fully saturated rings. The van der Waals surface area contributed by atoms with Crippen molar-refractivity contribution in [1.29, 1.82) is 0 Å². The van der Waals surface area contributed by atoms with E-state index in [1.54, 1.807) is 12.1 Å². The predicted molar refractivity (Wildman–Crippen MR) is 63.6 cm³/mol. The first-order chi connectivity index (χ1) is 7.42. The summed E-state index contributed by atoms with van der Waals surface area (Å²) in [5.74, 6) is -1.00. The van der Waals surface area contributed by atoms with Gasteiger partial charge < -0.3 is 4.74 Å². The molecular formula is C11H8FIO3. The Kier molecular flexibility index (Phi) is 2.73. The molecule has 0 aromatic heterocycles. The van der Waals surface area contributed by atoms with Crippen molar-refractivity contribution in [2.75, 3.05) is 0 Å². The summed E-state index contributed by atoms with van der Waals surface area (Å²) >= 11 is 1.48. The van der Waals surface area contributed by atoms with Crippen LogP contribution in [0.4, 0.5) is 4.39 Å². The second-order valence-corrected chi connectivity index (χ2v) is 5.30. The number of hydrogen-bond donors (Lipinski definition) is 0. The third-order valence-electron chi connectivity index (χ3n) is 2.34. The Morgan fingerprint density at radius 1 is 1.56 bits per heavy atom. The largest absolute Gasteiger partial charge is 0.426 e. The molecule has 0 saturated carbocycles. The van der Waals surface area contributed by atoms with Gasteiger partial charge in [0.1, 0.15) is 5.75 Å². The molecule has 0 saturated heterocycles. The summed E-state index contributed by atoms with van der Waals surface area (Å²) in [6, 6.07) is 4.80. The van der Waals surface area contributed by atoms with Gasteiger partial charge in [0.05, 0.1) is 5.56 Å². The maximum atomic E-state index is 13.8. The third kappa shape index (κ3) is 1.83. The Labute approximate surface area is 105 Å². The van der Waals surface area contributed by atoms with E-state index in [4.69, 9.17) is 4.74 Å². The number of Topliss-reactive ketones (excluding diaryl/α,β-unsaturated/α-hetero) is 1. The molecule has 1 unspecified atom stereocenters. The van der Waals surface area contributed by atoms with Crippen LogP contribution in [0.15, 0.2) is 18.2 Å². The number of rotatable bonds is 1. The zero-order chi connectivity index (χ0) is 11.9. The minimum atomic E-state index is -1.92. The number of carbonyl (C=O) groups is 2. The standard InChI is InChI=1S/C11H8FIO3/c1-6(14)16-8-4-2-3-7-5-11(12,13)10(15)9(7)8/h2-4H,5H2,1H3. The Hall–Kier alpha value is -0.980. The molecule has 1 aliphatic rings. The third-order valence-corrected chi connectivity index (χ3v) is 3.21. The van der Waals surface area contributed by atoms with Crippen molar-refractivity contribution in [2.24, 2.45) is 0 Å². The molecule has 1 aromatic rings. The van der Waals surface area contributed by atoms with Gasteiger partial charge in [-0.25, -0.2) is 4.39 Å². The quantitative estimate of drug-likeness (QED) is 0.343. The van der Waals surface area contributed by atoms with Crippen molar-refractivity contribution in [2.45, 2.75) is 17.0 Å². The van der Waals surface area contributed by atoms with Gasteiger partial charge in [-0.2, -0.15) is 0 Å². The molecule has 2 rings (SSSR count). The number of fused-ring (bicyclic) bond motifs is 1. The zero-order valence-electron chi connectivity index (χ0n) is 8.42. The number of ketones is 1. The van der Waals surface area contributed by atoms with Crippen molar-refractivity contribution < 1.29 is 18.7 Å². The van der Waals surface area contributed by atoms with E-state index in [0.717, 1.165) is 0 Å². The minimum absolute atomic E-state index is 0.0246. The number of alkyl halides is 2. The molecule has 1 aliphatic carbocycles. The van der Waals surface area contributed by atoms with Gasteiger partial charge in [-0.1, -0.05) is 12.1 Å². The molecule has 84 valence electrons. The lowest BCUT2D eigenvalue weighted by Crippen LogP contribution is -2.21. The predicted octanol–water partition coefficient (Wildman–Crippen LogP) is 2.45. The second-order valence-electron chi connectivity index (χ2n) is 3.59. The maximum absolute atomic E-state index is 13.8. The van der Waals surface area contributed by atoms with Crippen molar-refractivity contribution in [3.05, 3.63) is 29.3 Å². The topological polar surface area (TPSA) is 43.4 Å². The van der Waals surface area contributed by atoms with E-state index in [9.17, 15) is 14.0 Å². The van der Waals surface area contributed by atoms with E-state index < -0.39 is 15.4 Å². The Morgan fingerprint density at radius 3 is 2.88 bits per heavy atom. The van der Waals surface area contributed by atoms with Crippen molar-refractivity contribution in [1.82, 2.24) is 0 Å². The summed E-state index contributed by atoms with van der Waals surface area (Å²) in [6.07, 6.45) is 0.0246. The summed E-state index contributed by atoms with van der Waals surface area (Å²) in [5.41, 5.74) is 0.773. The zero-order valence-corrected chi connectivity index (χ0v) is 10.6. The summed E-state index contributed by atoms with van der Waals surface area (Å²) in [6.45, 7) is 1.24. The Morgan fingerprint density at radius 2 is 2.25 bits per heavy atom. The van der Waals surface area contributed by atoms with Gasteiger partial charge in [-0.15, -0.1) is 0 Å². The van der Waals surface area contributed by atoms with Gasteiger partial charge in [0.25, 0.3) is 0 Å². The molecule has 0 heterocycles. The average molecular weight is 334 g/mol. The highest BCUT2D eigenvalue weighted by Crippen LogP contribution is 2.41. The van der Waals surface area contributed by atoms with Crippen molar-refractivity contribution >= 4 is 34.3 Å². The number of carbonyl (C=O) groups excluding carboxylic acids is 2. The number of benzene rings is 1. The van der Waals surface area contributed by atoms with E-state index in [1.807, 2.05) is 0 Å². The molecule has 1 atom stereocenters. The summed E-state index contributed by atoms with van der Waals surface area (Å²) < 4.78 is 16.8. The second kappa shape index (κ2) is 3.80. The molecule has 16 heavy (non-hydrogen) atoms.